The predicted octanol–water partition coefficient (Wildman–Crippen LogP) is 5.51. The Morgan fingerprint density at radius 1 is 0.970 bits per heavy atom. The van der Waals surface area contributed by atoms with Crippen LogP contribution in [0.5, 0.6) is 0 Å². The number of aromatic nitrogens is 1. The van der Waals surface area contributed by atoms with Crippen molar-refractivity contribution in [3.8, 4) is 0 Å². The van der Waals surface area contributed by atoms with Crippen LogP contribution in [0.25, 0.3) is 16.0 Å². The van der Waals surface area contributed by atoms with E-state index in [9.17, 15) is 23.5 Å². The van der Waals surface area contributed by atoms with Crippen LogP contribution in [0.15, 0.2) is 72.3 Å². The zero-order valence-electron chi connectivity index (χ0n) is 17.3. The van der Waals surface area contributed by atoms with Gasteiger partial charge in [-0.2, -0.15) is 0 Å². The molecule has 0 bridgehead atoms. The summed E-state index contributed by atoms with van der Waals surface area (Å²) in [5.74, 6) is -3.08. The number of ketones is 1. The highest BCUT2D eigenvalue weighted by atomic mass is 32.1. The van der Waals surface area contributed by atoms with Crippen LogP contribution in [0.2, 0.25) is 0 Å². The Hall–Kier alpha value is -3.91. The maximum atomic E-state index is 13.7. The van der Waals surface area contributed by atoms with Gasteiger partial charge in [0.2, 0.25) is 0 Å². The Balaban J connectivity index is 1.73. The van der Waals surface area contributed by atoms with Gasteiger partial charge in [0.1, 0.15) is 17.4 Å². The first-order valence-corrected chi connectivity index (χ1v) is 10.8. The summed E-state index contributed by atoms with van der Waals surface area (Å²) in [7, 11) is 0. The number of hydrogen-bond donors (Lipinski definition) is 1. The van der Waals surface area contributed by atoms with Crippen molar-refractivity contribution in [2.45, 2.75) is 13.0 Å². The number of anilines is 1. The van der Waals surface area contributed by atoms with Gasteiger partial charge in [-0.3, -0.25) is 14.5 Å². The Bertz CT molecular complexity index is 1440. The van der Waals surface area contributed by atoms with E-state index in [0.29, 0.717) is 15.8 Å². The number of halogens is 2. The summed E-state index contributed by atoms with van der Waals surface area (Å²) in [4.78, 5) is 32.0. The zero-order chi connectivity index (χ0) is 23.3. The number of carbonyl (C=O) groups is 2. The summed E-state index contributed by atoms with van der Waals surface area (Å²) < 4.78 is 27.6. The third kappa shape index (κ3) is 3.58. The fourth-order valence-electron chi connectivity index (χ4n) is 3.85. The molecule has 1 aliphatic rings. The van der Waals surface area contributed by atoms with Crippen LogP contribution in [-0.2, 0) is 9.59 Å². The van der Waals surface area contributed by atoms with Crippen molar-refractivity contribution >= 4 is 44.1 Å². The molecule has 164 valence electrons. The molecule has 1 aliphatic heterocycles. The van der Waals surface area contributed by atoms with Crippen LogP contribution >= 0.6 is 11.3 Å². The number of hydrogen-bond acceptors (Lipinski definition) is 5. The normalized spacial score (nSPS) is 17.8. The molecule has 8 heteroatoms. The molecule has 1 aromatic heterocycles. The van der Waals surface area contributed by atoms with Crippen molar-refractivity contribution in [2.24, 2.45) is 0 Å². The molecule has 1 amide bonds. The van der Waals surface area contributed by atoms with Crippen LogP contribution in [0, 0.1) is 18.6 Å². The van der Waals surface area contributed by atoms with E-state index in [4.69, 9.17) is 0 Å². The van der Waals surface area contributed by atoms with Crippen molar-refractivity contribution in [2.75, 3.05) is 4.90 Å². The minimum Gasteiger partial charge on any atom is -0.507 e. The molecule has 2 heterocycles. The summed E-state index contributed by atoms with van der Waals surface area (Å²) in [5, 5.41) is 11.2. The third-order valence-electron chi connectivity index (χ3n) is 5.50. The average Bonchev–Trinajstić information content (AvgIpc) is 3.32. The van der Waals surface area contributed by atoms with Crippen LogP contribution in [0.4, 0.5) is 13.9 Å². The molecule has 5 rings (SSSR count). The maximum Gasteiger partial charge on any atom is 0.301 e. The summed E-state index contributed by atoms with van der Waals surface area (Å²) in [5.41, 5.74) is 2.14. The first-order valence-electron chi connectivity index (χ1n) is 10.0. The van der Waals surface area contributed by atoms with Crippen molar-refractivity contribution < 1.29 is 23.5 Å². The second-order valence-electron chi connectivity index (χ2n) is 7.70. The van der Waals surface area contributed by atoms with Gasteiger partial charge in [-0.1, -0.05) is 41.2 Å². The fraction of sp³-hybridized carbons (Fsp3) is 0.0800. The number of aryl methyl sites for hydroxylation is 1. The van der Waals surface area contributed by atoms with Crippen LogP contribution in [-0.4, -0.2) is 21.8 Å². The molecule has 4 aromatic rings. The van der Waals surface area contributed by atoms with Crippen LogP contribution < -0.4 is 4.90 Å². The van der Waals surface area contributed by atoms with Gasteiger partial charge in [0, 0.05) is 5.56 Å². The predicted molar refractivity (Wildman–Crippen MR) is 122 cm³/mol. The van der Waals surface area contributed by atoms with E-state index in [-0.39, 0.29) is 16.3 Å². The Kier molecular flexibility index (Phi) is 5.02. The molecule has 33 heavy (non-hydrogen) atoms. The molecule has 1 saturated heterocycles. The highest BCUT2D eigenvalue weighted by Gasteiger charge is 2.48. The van der Waals surface area contributed by atoms with E-state index in [0.717, 1.165) is 29.0 Å². The summed E-state index contributed by atoms with van der Waals surface area (Å²) in [6.45, 7) is 1.90. The summed E-state index contributed by atoms with van der Waals surface area (Å²) >= 11 is 1.08. The second-order valence-corrected chi connectivity index (χ2v) is 8.70. The van der Waals surface area contributed by atoms with Gasteiger partial charge in [-0.05, 0) is 55.0 Å². The van der Waals surface area contributed by atoms with Crippen molar-refractivity contribution in [1.82, 2.24) is 4.98 Å². The molecule has 5 nitrogen and oxygen atoms in total. The minimum atomic E-state index is -0.957. The quantitative estimate of drug-likeness (QED) is 0.248. The number of nitrogens with zero attached hydrogens (tertiary/aromatic N) is 2. The summed E-state index contributed by atoms with van der Waals surface area (Å²) in [6.07, 6.45) is 0. The fourth-order valence-corrected chi connectivity index (χ4v) is 4.86. The van der Waals surface area contributed by atoms with Gasteiger partial charge >= 0.3 is 5.91 Å². The lowest BCUT2D eigenvalue weighted by Crippen LogP contribution is -2.29. The largest absolute Gasteiger partial charge is 0.507 e. The number of aliphatic hydroxyl groups is 1. The standard InChI is InChI=1S/C25H16F2N2O3S/c1-13-2-4-14(5-3-13)21-20(22(30)15-6-8-16(26)9-7-15)23(31)24(32)29(21)25-28-18-11-10-17(27)12-19(18)33-25/h2-12,21,30H,1H3/b22-20+. The Morgan fingerprint density at radius 3 is 2.33 bits per heavy atom. The molecule has 0 saturated carbocycles. The number of thiazole rings is 1. The second kappa shape index (κ2) is 7.90. The molecule has 0 spiro atoms. The van der Waals surface area contributed by atoms with E-state index in [1.165, 1.54) is 35.2 Å². The highest BCUT2D eigenvalue weighted by Crippen LogP contribution is 2.44. The molecule has 1 unspecified atom stereocenters. The monoisotopic (exact) mass is 462 g/mol. The van der Waals surface area contributed by atoms with Gasteiger partial charge in [0.05, 0.1) is 21.8 Å². The average molecular weight is 462 g/mol. The van der Waals surface area contributed by atoms with E-state index in [1.807, 2.05) is 19.1 Å². The number of carbonyl (C=O) groups excluding carboxylic acids is 2. The molecule has 1 fully saturated rings. The van der Waals surface area contributed by atoms with Crippen LogP contribution in [0.1, 0.15) is 22.7 Å². The Morgan fingerprint density at radius 2 is 1.64 bits per heavy atom. The molecule has 1 N–H and O–H groups in total. The number of rotatable bonds is 3. The van der Waals surface area contributed by atoms with Crippen molar-refractivity contribution in [3.63, 3.8) is 0 Å². The smallest absolute Gasteiger partial charge is 0.301 e. The van der Waals surface area contributed by atoms with E-state index in [1.54, 1.807) is 12.1 Å². The number of aliphatic hydroxyl groups excluding tert-OH is 1. The maximum absolute atomic E-state index is 13.7. The summed E-state index contributed by atoms with van der Waals surface area (Å²) in [6, 6.07) is 15.3. The lowest BCUT2D eigenvalue weighted by atomic mass is 9.95. The van der Waals surface area contributed by atoms with Gasteiger partial charge in [-0.15, -0.1) is 0 Å². The van der Waals surface area contributed by atoms with Gasteiger partial charge in [0.25, 0.3) is 5.78 Å². The van der Waals surface area contributed by atoms with Crippen molar-refractivity contribution in [3.05, 3.63) is 101 Å². The minimum absolute atomic E-state index is 0.124. The molecule has 0 aliphatic carbocycles. The van der Waals surface area contributed by atoms with E-state index in [2.05, 4.69) is 4.98 Å². The topological polar surface area (TPSA) is 70.5 Å². The first kappa shape index (κ1) is 21.0. The highest BCUT2D eigenvalue weighted by molar-refractivity contribution is 7.22. The molecule has 0 radical (unpaired) electrons. The van der Waals surface area contributed by atoms with E-state index >= 15 is 0 Å². The number of benzene rings is 3. The van der Waals surface area contributed by atoms with Gasteiger partial charge < -0.3 is 5.11 Å². The van der Waals surface area contributed by atoms with E-state index < -0.39 is 35.1 Å². The van der Waals surface area contributed by atoms with Crippen molar-refractivity contribution in [1.29, 1.82) is 0 Å². The van der Waals surface area contributed by atoms with Gasteiger partial charge in [0.15, 0.2) is 5.13 Å². The molecular weight excluding hydrogens is 446 g/mol. The number of fused-ring (bicyclic) bond motifs is 1. The van der Waals surface area contributed by atoms with Gasteiger partial charge in [-0.25, -0.2) is 13.8 Å². The molecule has 3 aromatic carbocycles. The Labute approximate surface area is 191 Å². The van der Waals surface area contributed by atoms with Crippen LogP contribution in [0.3, 0.4) is 0 Å². The SMILES string of the molecule is Cc1ccc(C2/C(=C(\O)c3ccc(F)cc3)C(=O)C(=O)N2c2nc3ccc(F)cc3s2)cc1. The number of Topliss-reactive ketones (excluding diaryl/α,β-unsaturated/α-hetero) is 1. The molecule has 1 atom stereocenters. The first-order chi connectivity index (χ1) is 15.8. The zero-order valence-corrected chi connectivity index (χ0v) is 18.1. The molecular formula is C25H16F2N2O3S. The third-order valence-corrected chi connectivity index (χ3v) is 6.52. The lowest BCUT2D eigenvalue weighted by Gasteiger charge is -2.23. The number of amides is 1. The lowest BCUT2D eigenvalue weighted by molar-refractivity contribution is -0.132.